The average molecular weight is 418 g/mol. The Kier molecular flexibility index (Phi) is 4.23. The van der Waals surface area contributed by atoms with Gasteiger partial charge in [-0.15, -0.1) is 0 Å². The summed E-state index contributed by atoms with van der Waals surface area (Å²) in [5, 5.41) is 1.87. The summed E-state index contributed by atoms with van der Waals surface area (Å²) >= 11 is 8.74. The molecule has 0 bridgehead atoms. The summed E-state index contributed by atoms with van der Waals surface area (Å²) in [6, 6.07) is 1.87. The minimum atomic E-state index is 0.267. The van der Waals surface area contributed by atoms with Crippen LogP contribution in [0.3, 0.4) is 0 Å². The first-order chi connectivity index (χ1) is 9.88. The van der Waals surface area contributed by atoms with E-state index in [9.17, 15) is 0 Å². The number of aromatic nitrogens is 2. The van der Waals surface area contributed by atoms with Crippen molar-refractivity contribution in [2.45, 2.75) is 45.1 Å². The van der Waals surface area contributed by atoms with Crippen LogP contribution in [0.1, 0.15) is 45.2 Å². The Labute approximate surface area is 144 Å². The van der Waals surface area contributed by atoms with Crippen LogP contribution >= 0.6 is 34.2 Å². The second-order valence-electron chi connectivity index (χ2n) is 6.80. The van der Waals surface area contributed by atoms with Crippen molar-refractivity contribution in [2.24, 2.45) is 0 Å². The Morgan fingerprint density at radius 1 is 1.33 bits per heavy atom. The van der Waals surface area contributed by atoms with Gasteiger partial charge in [0, 0.05) is 26.9 Å². The molecule has 2 aromatic rings. The predicted molar refractivity (Wildman–Crippen MR) is 97.1 cm³/mol. The van der Waals surface area contributed by atoms with Crippen LogP contribution in [0.4, 0.5) is 0 Å². The SMILES string of the molecule is CC(C)(C)N1CCC(c2[nH]c3nccc(Cl)c3c2I)CC1. The Balaban J connectivity index is 1.86. The number of hydrogen-bond acceptors (Lipinski definition) is 2. The Morgan fingerprint density at radius 3 is 2.57 bits per heavy atom. The van der Waals surface area contributed by atoms with E-state index >= 15 is 0 Å². The Morgan fingerprint density at radius 2 is 2.00 bits per heavy atom. The molecular weight excluding hydrogens is 397 g/mol. The van der Waals surface area contributed by atoms with Crippen molar-refractivity contribution >= 4 is 45.2 Å². The minimum absolute atomic E-state index is 0.267. The van der Waals surface area contributed by atoms with Crippen molar-refractivity contribution in [1.82, 2.24) is 14.9 Å². The highest BCUT2D eigenvalue weighted by Gasteiger charge is 2.29. The quantitative estimate of drug-likeness (QED) is 0.676. The molecule has 1 saturated heterocycles. The Bertz CT molecular complexity index is 651. The third-order valence-electron chi connectivity index (χ3n) is 4.46. The normalized spacial score (nSPS) is 18.5. The van der Waals surface area contributed by atoms with Crippen molar-refractivity contribution in [3.63, 3.8) is 0 Å². The summed E-state index contributed by atoms with van der Waals surface area (Å²) in [6.07, 6.45) is 4.15. The first-order valence-electron chi connectivity index (χ1n) is 7.44. The van der Waals surface area contributed by atoms with Gasteiger partial charge in [0.1, 0.15) is 5.65 Å². The lowest BCUT2D eigenvalue weighted by Crippen LogP contribution is -2.45. The van der Waals surface area contributed by atoms with Crippen molar-refractivity contribution in [3.8, 4) is 0 Å². The first kappa shape index (κ1) is 15.6. The van der Waals surface area contributed by atoms with Gasteiger partial charge in [0.15, 0.2) is 0 Å². The van der Waals surface area contributed by atoms with Gasteiger partial charge in [-0.05, 0) is 75.4 Å². The molecule has 5 heteroatoms. The van der Waals surface area contributed by atoms with E-state index in [1.165, 1.54) is 22.1 Å². The first-order valence-corrected chi connectivity index (χ1v) is 8.90. The van der Waals surface area contributed by atoms with E-state index in [1.54, 1.807) is 6.20 Å². The topological polar surface area (TPSA) is 31.9 Å². The molecular formula is C16H21ClIN3. The molecule has 21 heavy (non-hydrogen) atoms. The third kappa shape index (κ3) is 2.94. The monoisotopic (exact) mass is 417 g/mol. The van der Waals surface area contributed by atoms with E-state index < -0.39 is 0 Å². The molecule has 0 aromatic carbocycles. The number of H-pyrrole nitrogens is 1. The molecule has 0 unspecified atom stereocenters. The van der Waals surface area contributed by atoms with Crippen LogP contribution in [-0.2, 0) is 0 Å². The van der Waals surface area contributed by atoms with Crippen molar-refractivity contribution in [2.75, 3.05) is 13.1 Å². The molecule has 1 aliphatic heterocycles. The summed E-state index contributed by atoms with van der Waals surface area (Å²) in [4.78, 5) is 10.5. The van der Waals surface area contributed by atoms with Crippen molar-refractivity contribution in [3.05, 3.63) is 26.5 Å². The number of aromatic amines is 1. The minimum Gasteiger partial charge on any atom is -0.342 e. The average Bonchev–Trinajstić information content (AvgIpc) is 2.77. The van der Waals surface area contributed by atoms with Crippen LogP contribution in [0.5, 0.6) is 0 Å². The van der Waals surface area contributed by atoms with Crippen LogP contribution in [0.2, 0.25) is 5.02 Å². The second-order valence-corrected chi connectivity index (χ2v) is 8.29. The van der Waals surface area contributed by atoms with E-state index in [1.807, 2.05) is 6.07 Å². The van der Waals surface area contributed by atoms with Gasteiger partial charge in [0.2, 0.25) is 0 Å². The zero-order chi connectivity index (χ0) is 15.2. The highest BCUT2D eigenvalue weighted by molar-refractivity contribution is 14.1. The number of rotatable bonds is 1. The fourth-order valence-corrected chi connectivity index (χ4v) is 4.70. The molecule has 2 aromatic heterocycles. The summed E-state index contributed by atoms with van der Waals surface area (Å²) in [7, 11) is 0. The molecule has 3 heterocycles. The number of nitrogens with one attached hydrogen (secondary N) is 1. The zero-order valence-corrected chi connectivity index (χ0v) is 15.6. The van der Waals surface area contributed by atoms with Crippen LogP contribution in [-0.4, -0.2) is 33.5 Å². The Hall–Kier alpha value is -0.330. The van der Waals surface area contributed by atoms with Gasteiger partial charge in [-0.25, -0.2) is 4.98 Å². The van der Waals surface area contributed by atoms with Crippen LogP contribution in [0.25, 0.3) is 11.0 Å². The van der Waals surface area contributed by atoms with Crippen LogP contribution in [0.15, 0.2) is 12.3 Å². The number of pyridine rings is 1. The maximum absolute atomic E-state index is 6.32. The van der Waals surface area contributed by atoms with E-state index in [0.717, 1.165) is 29.1 Å². The summed E-state index contributed by atoms with van der Waals surface area (Å²) in [5.41, 5.74) is 2.50. The zero-order valence-electron chi connectivity index (χ0n) is 12.7. The maximum atomic E-state index is 6.32. The maximum Gasteiger partial charge on any atom is 0.140 e. The standard InChI is InChI=1S/C16H21ClIN3/c1-16(2,3)21-8-5-10(6-9-21)14-13(18)12-11(17)4-7-19-15(12)20-14/h4,7,10H,5-6,8-9H2,1-3H3,(H,19,20). The highest BCUT2D eigenvalue weighted by atomic mass is 127. The summed E-state index contributed by atoms with van der Waals surface area (Å²) in [6.45, 7) is 9.19. The number of fused-ring (bicyclic) bond motifs is 1. The van der Waals surface area contributed by atoms with Gasteiger partial charge in [-0.1, -0.05) is 11.6 Å². The molecule has 0 aliphatic carbocycles. The molecule has 0 atom stereocenters. The number of hydrogen-bond donors (Lipinski definition) is 1. The van der Waals surface area contributed by atoms with E-state index in [2.05, 4.69) is 58.2 Å². The number of likely N-dealkylation sites (tertiary alicyclic amines) is 1. The lowest BCUT2D eigenvalue weighted by atomic mass is 9.91. The lowest BCUT2D eigenvalue weighted by Gasteiger charge is -2.40. The van der Waals surface area contributed by atoms with Crippen molar-refractivity contribution in [1.29, 1.82) is 0 Å². The van der Waals surface area contributed by atoms with Gasteiger partial charge >= 0.3 is 0 Å². The molecule has 0 spiro atoms. The molecule has 1 N–H and O–H groups in total. The largest absolute Gasteiger partial charge is 0.342 e. The lowest BCUT2D eigenvalue weighted by molar-refractivity contribution is 0.101. The fraction of sp³-hybridized carbons (Fsp3) is 0.562. The van der Waals surface area contributed by atoms with Crippen LogP contribution < -0.4 is 0 Å². The predicted octanol–water partition coefficient (Wildman–Crippen LogP) is 4.80. The van der Waals surface area contributed by atoms with Crippen LogP contribution in [0, 0.1) is 3.57 Å². The molecule has 3 nitrogen and oxygen atoms in total. The van der Waals surface area contributed by atoms with E-state index in [4.69, 9.17) is 11.6 Å². The molecule has 0 saturated carbocycles. The molecule has 114 valence electrons. The molecule has 1 aliphatic rings. The van der Waals surface area contributed by atoms with Gasteiger partial charge in [-0.2, -0.15) is 0 Å². The smallest absolute Gasteiger partial charge is 0.140 e. The van der Waals surface area contributed by atoms with Gasteiger partial charge in [0.05, 0.1) is 10.4 Å². The number of halogens is 2. The molecule has 1 fully saturated rings. The highest BCUT2D eigenvalue weighted by Crippen LogP contribution is 2.37. The van der Waals surface area contributed by atoms with E-state index in [0.29, 0.717) is 5.92 Å². The summed E-state index contributed by atoms with van der Waals surface area (Å²) < 4.78 is 1.25. The second kappa shape index (κ2) is 5.70. The molecule has 3 rings (SSSR count). The number of nitrogens with zero attached hydrogens (tertiary/aromatic N) is 2. The summed E-state index contributed by atoms with van der Waals surface area (Å²) in [5.74, 6) is 0.584. The fourth-order valence-electron chi connectivity index (χ4n) is 3.18. The van der Waals surface area contributed by atoms with Gasteiger partial charge < -0.3 is 4.98 Å². The number of piperidine rings is 1. The van der Waals surface area contributed by atoms with Crippen molar-refractivity contribution < 1.29 is 0 Å². The third-order valence-corrected chi connectivity index (χ3v) is 5.90. The molecule has 0 amide bonds. The van der Waals surface area contributed by atoms with Gasteiger partial charge in [-0.3, -0.25) is 4.90 Å². The molecule has 0 radical (unpaired) electrons. The van der Waals surface area contributed by atoms with Gasteiger partial charge in [0.25, 0.3) is 0 Å². The van der Waals surface area contributed by atoms with E-state index in [-0.39, 0.29) is 5.54 Å².